The van der Waals surface area contributed by atoms with Gasteiger partial charge in [0.05, 0.1) is 24.3 Å². The highest BCUT2D eigenvalue weighted by molar-refractivity contribution is 6.00. The molecule has 164 valence electrons. The molecule has 4 rings (SSSR count). The third-order valence-corrected chi connectivity index (χ3v) is 5.70. The Labute approximate surface area is 177 Å². The zero-order chi connectivity index (χ0) is 22.1. The van der Waals surface area contributed by atoms with Gasteiger partial charge in [-0.15, -0.1) is 0 Å². The maximum atomic E-state index is 13.7. The summed E-state index contributed by atoms with van der Waals surface area (Å²) in [6, 6.07) is 5.36. The van der Waals surface area contributed by atoms with Crippen molar-refractivity contribution < 1.29 is 23.9 Å². The number of halogens is 1. The zero-order valence-corrected chi connectivity index (χ0v) is 16.8. The quantitative estimate of drug-likeness (QED) is 0.678. The Morgan fingerprint density at radius 3 is 2.52 bits per heavy atom. The van der Waals surface area contributed by atoms with E-state index < -0.39 is 17.8 Å². The van der Waals surface area contributed by atoms with E-state index in [-0.39, 0.29) is 24.2 Å². The van der Waals surface area contributed by atoms with E-state index in [0.29, 0.717) is 56.0 Å². The first-order valence-electron chi connectivity index (χ1n) is 10.0. The molecule has 2 aliphatic rings. The molecule has 10 nitrogen and oxygen atoms in total. The molecule has 1 saturated heterocycles. The smallest absolute Gasteiger partial charge is 0.407 e. The fourth-order valence-corrected chi connectivity index (χ4v) is 4.07. The van der Waals surface area contributed by atoms with Gasteiger partial charge in [-0.3, -0.25) is 9.48 Å². The van der Waals surface area contributed by atoms with Crippen molar-refractivity contribution in [3.05, 3.63) is 41.3 Å². The molecule has 0 aliphatic carbocycles. The average Bonchev–Trinajstić information content (AvgIpc) is 3.13. The number of urea groups is 1. The Kier molecular flexibility index (Phi) is 5.49. The highest BCUT2D eigenvalue weighted by atomic mass is 19.1. The highest BCUT2D eigenvalue weighted by Crippen LogP contribution is 2.28. The van der Waals surface area contributed by atoms with Crippen LogP contribution in [0.4, 0.5) is 14.0 Å². The van der Waals surface area contributed by atoms with Crippen molar-refractivity contribution in [1.82, 2.24) is 24.9 Å². The van der Waals surface area contributed by atoms with Crippen molar-refractivity contribution in [2.24, 2.45) is 5.73 Å². The molecule has 2 aromatic rings. The van der Waals surface area contributed by atoms with Gasteiger partial charge in [-0.2, -0.15) is 5.10 Å². The van der Waals surface area contributed by atoms with Crippen LogP contribution in [0.15, 0.2) is 24.3 Å². The lowest BCUT2D eigenvalue weighted by Crippen LogP contribution is -2.51. The molecule has 0 bridgehead atoms. The predicted octanol–water partition coefficient (Wildman–Crippen LogP) is 1.46. The minimum atomic E-state index is -0.956. The third kappa shape index (κ3) is 4.16. The number of nitrogens with one attached hydrogen (secondary N) is 1. The van der Waals surface area contributed by atoms with Crippen LogP contribution < -0.4 is 11.1 Å². The molecule has 31 heavy (non-hydrogen) atoms. The van der Waals surface area contributed by atoms with Crippen LogP contribution >= 0.6 is 0 Å². The number of amides is 4. The molecule has 0 spiro atoms. The Hall–Kier alpha value is -3.63. The van der Waals surface area contributed by atoms with E-state index in [1.165, 1.54) is 23.1 Å². The lowest BCUT2D eigenvalue weighted by molar-refractivity contribution is 0.0996. The summed E-state index contributed by atoms with van der Waals surface area (Å²) >= 11 is 0. The molecule has 0 atom stereocenters. The second-order valence-corrected chi connectivity index (χ2v) is 7.68. The Morgan fingerprint density at radius 2 is 1.87 bits per heavy atom. The number of hydrogen-bond acceptors (Lipinski definition) is 4. The summed E-state index contributed by atoms with van der Waals surface area (Å²) in [5.41, 5.74) is 7.03. The maximum absolute atomic E-state index is 13.7. The number of carboxylic acid groups (broad SMARTS) is 1. The number of fused-ring (bicyclic) bond motifs is 1. The number of likely N-dealkylation sites (tertiary alicyclic amines) is 1. The standard InChI is InChI=1S/C20H23FN6O4/c21-13-3-1-2-12(10-13)17-16(18(22)28)15-11-26(8-9-27(15)24-17)19(29)23-14-4-6-25(7-5-14)20(30)31/h1-3,10,14H,4-9,11H2,(H2,22,28)(H,23,29)(H,30,31). The van der Waals surface area contributed by atoms with Crippen molar-refractivity contribution in [3.63, 3.8) is 0 Å². The fourth-order valence-electron chi connectivity index (χ4n) is 4.07. The molecular formula is C20H23FN6O4. The molecule has 0 unspecified atom stereocenters. The van der Waals surface area contributed by atoms with Gasteiger partial charge >= 0.3 is 12.1 Å². The van der Waals surface area contributed by atoms with E-state index in [2.05, 4.69) is 10.4 Å². The van der Waals surface area contributed by atoms with Gasteiger partial charge in [0, 0.05) is 31.2 Å². The second kappa shape index (κ2) is 8.25. The fraction of sp³-hybridized carbons (Fsp3) is 0.400. The van der Waals surface area contributed by atoms with Crippen LogP contribution in [0.25, 0.3) is 11.3 Å². The first-order valence-corrected chi connectivity index (χ1v) is 10.0. The van der Waals surface area contributed by atoms with Gasteiger partial charge in [-0.05, 0) is 25.0 Å². The van der Waals surface area contributed by atoms with Gasteiger partial charge in [0.1, 0.15) is 11.5 Å². The Bertz CT molecular complexity index is 1030. The Morgan fingerprint density at radius 1 is 1.13 bits per heavy atom. The summed E-state index contributed by atoms with van der Waals surface area (Å²) < 4.78 is 15.3. The summed E-state index contributed by atoms with van der Waals surface area (Å²) in [6.45, 7) is 1.64. The summed E-state index contributed by atoms with van der Waals surface area (Å²) in [6.07, 6.45) is 0.127. The summed E-state index contributed by atoms with van der Waals surface area (Å²) in [4.78, 5) is 38.9. The molecular weight excluding hydrogens is 407 g/mol. The lowest BCUT2D eigenvalue weighted by atomic mass is 10.0. The van der Waals surface area contributed by atoms with Crippen LogP contribution in [-0.2, 0) is 13.1 Å². The van der Waals surface area contributed by atoms with Gasteiger partial charge < -0.3 is 26.0 Å². The van der Waals surface area contributed by atoms with Crippen molar-refractivity contribution in [2.75, 3.05) is 19.6 Å². The van der Waals surface area contributed by atoms with Gasteiger partial charge in [0.2, 0.25) is 0 Å². The molecule has 11 heteroatoms. The van der Waals surface area contributed by atoms with E-state index in [4.69, 9.17) is 10.8 Å². The van der Waals surface area contributed by atoms with E-state index in [1.807, 2.05) is 0 Å². The number of rotatable bonds is 3. The van der Waals surface area contributed by atoms with E-state index >= 15 is 0 Å². The van der Waals surface area contributed by atoms with Crippen molar-refractivity contribution in [1.29, 1.82) is 0 Å². The van der Waals surface area contributed by atoms with Crippen LogP contribution in [0.5, 0.6) is 0 Å². The third-order valence-electron chi connectivity index (χ3n) is 5.70. The van der Waals surface area contributed by atoms with Crippen LogP contribution in [0.3, 0.4) is 0 Å². The van der Waals surface area contributed by atoms with Crippen LogP contribution in [-0.4, -0.2) is 68.4 Å². The van der Waals surface area contributed by atoms with Gasteiger partial charge in [0.15, 0.2) is 0 Å². The Balaban J connectivity index is 1.50. The number of aromatic nitrogens is 2. The largest absolute Gasteiger partial charge is 0.465 e. The minimum Gasteiger partial charge on any atom is -0.465 e. The monoisotopic (exact) mass is 430 g/mol. The average molecular weight is 430 g/mol. The molecule has 4 amide bonds. The molecule has 1 fully saturated rings. The van der Waals surface area contributed by atoms with Crippen molar-refractivity contribution >= 4 is 18.0 Å². The summed E-state index contributed by atoms with van der Waals surface area (Å²) in [5, 5.41) is 16.4. The van der Waals surface area contributed by atoms with E-state index in [0.717, 1.165) is 0 Å². The maximum Gasteiger partial charge on any atom is 0.407 e. The second-order valence-electron chi connectivity index (χ2n) is 7.68. The minimum absolute atomic E-state index is 0.117. The van der Waals surface area contributed by atoms with Gasteiger partial charge in [0.25, 0.3) is 5.91 Å². The summed E-state index contributed by atoms with van der Waals surface area (Å²) in [7, 11) is 0. The molecule has 3 heterocycles. The van der Waals surface area contributed by atoms with Crippen LogP contribution in [0.2, 0.25) is 0 Å². The molecule has 4 N–H and O–H groups in total. The summed E-state index contributed by atoms with van der Waals surface area (Å²) in [5.74, 6) is -1.14. The van der Waals surface area contributed by atoms with Crippen LogP contribution in [0, 0.1) is 5.82 Å². The number of carbonyl (C=O) groups excluding carboxylic acids is 2. The molecule has 1 aromatic carbocycles. The topological polar surface area (TPSA) is 134 Å². The van der Waals surface area contributed by atoms with E-state index in [9.17, 15) is 18.8 Å². The predicted molar refractivity (Wildman–Crippen MR) is 108 cm³/mol. The number of hydrogen-bond donors (Lipinski definition) is 3. The normalized spacial score (nSPS) is 16.7. The first-order chi connectivity index (χ1) is 14.8. The number of primary amides is 1. The van der Waals surface area contributed by atoms with Crippen LogP contribution in [0.1, 0.15) is 28.9 Å². The highest BCUT2D eigenvalue weighted by Gasteiger charge is 2.31. The number of piperidine rings is 1. The van der Waals surface area contributed by atoms with Crippen molar-refractivity contribution in [2.45, 2.75) is 32.0 Å². The molecule has 0 saturated carbocycles. The molecule has 2 aliphatic heterocycles. The zero-order valence-electron chi connectivity index (χ0n) is 16.8. The lowest BCUT2D eigenvalue weighted by Gasteiger charge is -2.33. The number of carbonyl (C=O) groups is 3. The van der Waals surface area contributed by atoms with Gasteiger partial charge in [-0.1, -0.05) is 12.1 Å². The molecule has 1 aromatic heterocycles. The van der Waals surface area contributed by atoms with Gasteiger partial charge in [-0.25, -0.2) is 14.0 Å². The van der Waals surface area contributed by atoms with E-state index in [1.54, 1.807) is 15.6 Å². The number of benzene rings is 1. The molecule has 0 radical (unpaired) electrons. The number of nitrogens with two attached hydrogens (primary N) is 1. The van der Waals surface area contributed by atoms with Crippen molar-refractivity contribution in [3.8, 4) is 11.3 Å². The first kappa shape index (κ1) is 20.6. The SMILES string of the molecule is NC(=O)c1c(-c2cccc(F)c2)nn2c1CN(C(=O)NC1CCN(C(=O)O)CC1)CC2. The number of nitrogens with zero attached hydrogens (tertiary/aromatic N) is 4.